The lowest BCUT2D eigenvalue weighted by Gasteiger charge is -2.35. The lowest BCUT2D eigenvalue weighted by atomic mass is 9.78. The second kappa shape index (κ2) is 6.07. The minimum Gasteiger partial charge on any atom is -0.372 e. The van der Waals surface area contributed by atoms with E-state index in [0.717, 1.165) is 12.0 Å². The number of ether oxygens (including phenoxy) is 2. The maximum atomic E-state index is 6.63. The predicted molar refractivity (Wildman–Crippen MR) is 86.1 cm³/mol. The Morgan fingerprint density at radius 1 is 1.24 bits per heavy atom. The normalized spacial score (nSPS) is 26.5. The first kappa shape index (κ1) is 16.5. The van der Waals surface area contributed by atoms with E-state index in [-0.39, 0.29) is 29.3 Å². The molecule has 1 fully saturated rings. The average Bonchev–Trinajstić information content (AvgIpc) is 2.64. The van der Waals surface area contributed by atoms with Gasteiger partial charge in [-0.25, -0.2) is 0 Å². The Balaban J connectivity index is 2.25. The van der Waals surface area contributed by atoms with Gasteiger partial charge in [0.05, 0.1) is 17.3 Å². The number of benzene rings is 1. The fraction of sp³-hybridized carbons (Fsp3) is 0.667. The van der Waals surface area contributed by atoms with E-state index in [1.165, 1.54) is 0 Å². The largest absolute Gasteiger partial charge is 0.372 e. The van der Waals surface area contributed by atoms with Crippen LogP contribution in [-0.2, 0) is 9.47 Å². The van der Waals surface area contributed by atoms with Gasteiger partial charge in [-0.15, -0.1) is 0 Å². The lowest BCUT2D eigenvalue weighted by Crippen LogP contribution is -2.45. The van der Waals surface area contributed by atoms with E-state index in [1.807, 2.05) is 25.1 Å². The molecule has 21 heavy (non-hydrogen) atoms. The van der Waals surface area contributed by atoms with Gasteiger partial charge in [-0.05, 0) is 46.6 Å². The molecule has 0 spiro atoms. The molecule has 1 aliphatic heterocycles. The second-order valence-corrected chi connectivity index (χ2v) is 7.14. The highest BCUT2D eigenvalue weighted by atomic mass is 16.5. The Morgan fingerprint density at radius 3 is 2.33 bits per heavy atom. The molecular formula is C18H29NO2. The smallest absolute Gasteiger partial charge is 0.0979 e. The Labute approximate surface area is 128 Å². The molecule has 1 aromatic rings. The van der Waals surface area contributed by atoms with E-state index >= 15 is 0 Å². The molecule has 0 saturated carbocycles. The molecule has 118 valence electrons. The summed E-state index contributed by atoms with van der Waals surface area (Å²) in [6.07, 6.45) is 0.871. The third kappa shape index (κ3) is 3.65. The molecule has 0 aliphatic carbocycles. The summed E-state index contributed by atoms with van der Waals surface area (Å²) >= 11 is 0. The van der Waals surface area contributed by atoms with Crippen LogP contribution in [0.25, 0.3) is 0 Å². The quantitative estimate of drug-likeness (QED) is 0.900. The fourth-order valence-electron chi connectivity index (χ4n) is 3.67. The van der Waals surface area contributed by atoms with Crippen LogP contribution in [0.4, 0.5) is 0 Å². The minimum atomic E-state index is -0.229. The van der Waals surface area contributed by atoms with Crippen LogP contribution in [0.5, 0.6) is 0 Å². The summed E-state index contributed by atoms with van der Waals surface area (Å²) < 4.78 is 12.2. The molecule has 1 aromatic carbocycles. The van der Waals surface area contributed by atoms with Gasteiger partial charge in [0.15, 0.2) is 0 Å². The topological polar surface area (TPSA) is 44.5 Å². The molecule has 2 rings (SSSR count). The van der Waals surface area contributed by atoms with E-state index in [1.54, 1.807) is 0 Å². The third-order valence-corrected chi connectivity index (χ3v) is 4.43. The van der Waals surface area contributed by atoms with Crippen molar-refractivity contribution in [1.82, 2.24) is 0 Å². The Morgan fingerprint density at radius 2 is 1.86 bits per heavy atom. The molecule has 1 aliphatic rings. The van der Waals surface area contributed by atoms with Gasteiger partial charge in [-0.2, -0.15) is 0 Å². The van der Waals surface area contributed by atoms with Crippen molar-refractivity contribution in [3.05, 3.63) is 35.9 Å². The van der Waals surface area contributed by atoms with Gasteiger partial charge in [0.2, 0.25) is 0 Å². The summed E-state index contributed by atoms with van der Waals surface area (Å²) in [5, 5.41) is 0. The highest BCUT2D eigenvalue weighted by Crippen LogP contribution is 2.45. The van der Waals surface area contributed by atoms with Crippen LogP contribution in [0.15, 0.2) is 30.3 Å². The highest BCUT2D eigenvalue weighted by Gasteiger charge is 2.50. The van der Waals surface area contributed by atoms with E-state index in [9.17, 15) is 0 Å². The molecule has 1 saturated heterocycles. The molecule has 1 heterocycles. The molecular weight excluding hydrogens is 262 g/mol. The number of hydrogen-bond acceptors (Lipinski definition) is 3. The number of hydrogen-bond donors (Lipinski definition) is 1. The molecule has 0 bridgehead atoms. The van der Waals surface area contributed by atoms with Gasteiger partial charge in [0, 0.05) is 18.6 Å². The Bertz CT molecular complexity index is 456. The third-order valence-electron chi connectivity index (χ3n) is 4.43. The molecule has 0 amide bonds. The lowest BCUT2D eigenvalue weighted by molar-refractivity contribution is -0.0836. The standard InChI is InChI=1S/C18H29NO2/c1-6-20-16(13-10-8-7-9-11-13)15(19)14-12-17(2,3)21-18(14,4)5/h7-11,14-16H,6,12,19H2,1-5H3. The summed E-state index contributed by atoms with van der Waals surface area (Å²) in [7, 11) is 0. The maximum absolute atomic E-state index is 6.63. The van der Waals surface area contributed by atoms with Crippen LogP contribution >= 0.6 is 0 Å². The first-order chi connectivity index (χ1) is 9.77. The van der Waals surface area contributed by atoms with Gasteiger partial charge in [0.1, 0.15) is 0 Å². The molecule has 2 N–H and O–H groups in total. The van der Waals surface area contributed by atoms with Crippen molar-refractivity contribution >= 4 is 0 Å². The Kier molecular flexibility index (Phi) is 4.76. The van der Waals surface area contributed by atoms with Crippen molar-refractivity contribution in [2.45, 2.75) is 64.4 Å². The highest BCUT2D eigenvalue weighted by molar-refractivity contribution is 5.20. The van der Waals surface area contributed by atoms with Crippen molar-refractivity contribution in [3.63, 3.8) is 0 Å². The van der Waals surface area contributed by atoms with Crippen molar-refractivity contribution < 1.29 is 9.47 Å². The molecule has 3 unspecified atom stereocenters. The van der Waals surface area contributed by atoms with Crippen molar-refractivity contribution in [2.24, 2.45) is 11.7 Å². The number of rotatable bonds is 5. The maximum Gasteiger partial charge on any atom is 0.0979 e. The average molecular weight is 291 g/mol. The zero-order chi connectivity index (χ0) is 15.7. The van der Waals surface area contributed by atoms with Gasteiger partial charge >= 0.3 is 0 Å². The van der Waals surface area contributed by atoms with E-state index in [4.69, 9.17) is 15.2 Å². The van der Waals surface area contributed by atoms with E-state index in [2.05, 4.69) is 39.8 Å². The fourth-order valence-corrected chi connectivity index (χ4v) is 3.67. The summed E-state index contributed by atoms with van der Waals surface area (Å²) in [4.78, 5) is 0. The first-order valence-corrected chi connectivity index (χ1v) is 7.89. The van der Waals surface area contributed by atoms with Crippen LogP contribution in [0.1, 0.15) is 52.7 Å². The minimum absolute atomic E-state index is 0.0795. The summed E-state index contributed by atoms with van der Waals surface area (Å²) in [6.45, 7) is 11.2. The summed E-state index contributed by atoms with van der Waals surface area (Å²) in [6, 6.07) is 10.2. The molecule has 0 radical (unpaired) electrons. The van der Waals surface area contributed by atoms with Crippen molar-refractivity contribution in [2.75, 3.05) is 6.61 Å². The second-order valence-electron chi connectivity index (χ2n) is 7.14. The van der Waals surface area contributed by atoms with E-state index in [0.29, 0.717) is 6.61 Å². The van der Waals surface area contributed by atoms with E-state index < -0.39 is 0 Å². The van der Waals surface area contributed by atoms with Crippen molar-refractivity contribution in [1.29, 1.82) is 0 Å². The van der Waals surface area contributed by atoms with Crippen LogP contribution in [-0.4, -0.2) is 23.9 Å². The van der Waals surface area contributed by atoms with Gasteiger partial charge in [-0.1, -0.05) is 30.3 Å². The summed E-state index contributed by atoms with van der Waals surface area (Å²) in [5.74, 6) is 0.268. The van der Waals surface area contributed by atoms with Crippen molar-refractivity contribution in [3.8, 4) is 0 Å². The summed E-state index contributed by atoms with van der Waals surface area (Å²) in [5.41, 5.74) is 7.42. The molecule has 3 atom stereocenters. The molecule has 3 heteroatoms. The van der Waals surface area contributed by atoms with Crippen LogP contribution in [0.2, 0.25) is 0 Å². The van der Waals surface area contributed by atoms with Crippen LogP contribution in [0, 0.1) is 5.92 Å². The van der Waals surface area contributed by atoms with Crippen LogP contribution < -0.4 is 5.73 Å². The number of nitrogens with two attached hydrogens (primary N) is 1. The molecule has 3 nitrogen and oxygen atoms in total. The monoisotopic (exact) mass is 291 g/mol. The Hall–Kier alpha value is -0.900. The van der Waals surface area contributed by atoms with Crippen LogP contribution in [0.3, 0.4) is 0 Å². The zero-order valence-electron chi connectivity index (χ0n) is 13.9. The first-order valence-electron chi connectivity index (χ1n) is 7.89. The van der Waals surface area contributed by atoms with Gasteiger partial charge < -0.3 is 15.2 Å². The van der Waals surface area contributed by atoms with Gasteiger partial charge in [-0.3, -0.25) is 0 Å². The SMILES string of the molecule is CCOC(c1ccccc1)C(N)C1CC(C)(C)OC1(C)C. The predicted octanol–water partition coefficient (Wildman–Crippen LogP) is 3.69. The van der Waals surface area contributed by atoms with Gasteiger partial charge in [0.25, 0.3) is 0 Å². The molecule has 0 aromatic heterocycles. The zero-order valence-corrected chi connectivity index (χ0v) is 13.9.